The molecule has 6 rings (SSSR count). The standard InChI is InChI=1S/C22H22N8O4S/c23-12-14-1-2-16-17(11-14)29(13-24-16)21-26-19(28-5-9-35(32,33)10-6-28)18-20(27-21)30(22(31)25-18)15-3-7-34-8-4-15/h1-2,11,13,15H,3-10H2,(H,25,31). The van der Waals surface area contributed by atoms with E-state index in [1.165, 1.54) is 0 Å². The number of ether oxygens (including phenoxy) is 1. The van der Waals surface area contributed by atoms with Crippen LogP contribution in [-0.2, 0) is 14.6 Å². The third kappa shape index (κ3) is 3.75. The highest BCUT2D eigenvalue weighted by Crippen LogP contribution is 2.29. The molecular weight excluding hydrogens is 472 g/mol. The van der Waals surface area contributed by atoms with Gasteiger partial charge in [0.05, 0.1) is 34.2 Å². The van der Waals surface area contributed by atoms with E-state index in [4.69, 9.17) is 14.7 Å². The van der Waals surface area contributed by atoms with Crippen LogP contribution in [0.2, 0.25) is 0 Å². The monoisotopic (exact) mass is 494 g/mol. The van der Waals surface area contributed by atoms with Crippen molar-refractivity contribution in [1.29, 1.82) is 5.26 Å². The van der Waals surface area contributed by atoms with Crippen LogP contribution in [0.5, 0.6) is 0 Å². The highest BCUT2D eigenvalue weighted by atomic mass is 32.2. The zero-order valence-electron chi connectivity index (χ0n) is 18.7. The number of hydrogen-bond donors (Lipinski definition) is 1. The van der Waals surface area contributed by atoms with Crippen LogP contribution >= 0.6 is 0 Å². The van der Waals surface area contributed by atoms with E-state index >= 15 is 0 Å². The van der Waals surface area contributed by atoms with Crippen LogP contribution in [0.1, 0.15) is 24.4 Å². The summed E-state index contributed by atoms with van der Waals surface area (Å²) in [5, 5.41) is 9.36. The summed E-state index contributed by atoms with van der Waals surface area (Å²) in [6.45, 7) is 1.65. The lowest BCUT2D eigenvalue weighted by molar-refractivity contribution is 0.0697. The maximum Gasteiger partial charge on any atom is 0.328 e. The second kappa shape index (κ2) is 8.17. The number of H-pyrrole nitrogens is 1. The molecule has 0 aliphatic carbocycles. The summed E-state index contributed by atoms with van der Waals surface area (Å²) in [7, 11) is -3.11. The second-order valence-corrected chi connectivity index (χ2v) is 11.1. The Labute approximate surface area is 199 Å². The molecule has 1 aromatic carbocycles. The lowest BCUT2D eigenvalue weighted by Crippen LogP contribution is -2.41. The van der Waals surface area contributed by atoms with Crippen molar-refractivity contribution < 1.29 is 13.2 Å². The van der Waals surface area contributed by atoms with E-state index in [0.29, 0.717) is 65.6 Å². The van der Waals surface area contributed by atoms with E-state index in [-0.39, 0.29) is 36.3 Å². The average Bonchev–Trinajstić information content (AvgIpc) is 3.43. The zero-order valence-corrected chi connectivity index (χ0v) is 19.5. The Kier molecular flexibility index (Phi) is 5.08. The van der Waals surface area contributed by atoms with Gasteiger partial charge in [0, 0.05) is 32.3 Å². The predicted molar refractivity (Wildman–Crippen MR) is 127 cm³/mol. The number of nitrogens with one attached hydrogen (secondary N) is 1. The minimum absolute atomic E-state index is 0.0122. The van der Waals surface area contributed by atoms with Crippen molar-refractivity contribution in [3.63, 3.8) is 0 Å². The molecule has 2 aliphatic rings. The molecule has 13 heteroatoms. The summed E-state index contributed by atoms with van der Waals surface area (Å²) >= 11 is 0. The Balaban J connectivity index is 1.58. The minimum Gasteiger partial charge on any atom is -0.381 e. The highest BCUT2D eigenvalue weighted by molar-refractivity contribution is 7.91. The van der Waals surface area contributed by atoms with E-state index in [2.05, 4.69) is 16.0 Å². The van der Waals surface area contributed by atoms with E-state index in [1.807, 2.05) is 4.90 Å². The first-order valence-electron chi connectivity index (χ1n) is 11.4. The predicted octanol–water partition coefficient (Wildman–Crippen LogP) is 0.916. The number of imidazole rings is 2. The normalized spacial score (nSPS) is 18.8. The summed E-state index contributed by atoms with van der Waals surface area (Å²) in [6.07, 6.45) is 2.95. The number of benzene rings is 1. The molecule has 35 heavy (non-hydrogen) atoms. The largest absolute Gasteiger partial charge is 0.381 e. The lowest BCUT2D eigenvalue weighted by atomic mass is 10.1. The van der Waals surface area contributed by atoms with Gasteiger partial charge in [-0.25, -0.2) is 18.2 Å². The number of hydrogen-bond acceptors (Lipinski definition) is 9. The van der Waals surface area contributed by atoms with Gasteiger partial charge in [0.1, 0.15) is 11.8 Å². The molecule has 0 radical (unpaired) electrons. The van der Waals surface area contributed by atoms with Crippen LogP contribution in [0.3, 0.4) is 0 Å². The van der Waals surface area contributed by atoms with Gasteiger partial charge < -0.3 is 14.6 Å². The Bertz CT molecular complexity index is 1640. The van der Waals surface area contributed by atoms with Gasteiger partial charge in [0.15, 0.2) is 21.3 Å². The van der Waals surface area contributed by atoms with E-state index in [0.717, 1.165) is 0 Å². The number of anilines is 1. The third-order valence-corrected chi connectivity index (χ3v) is 8.24. The first kappa shape index (κ1) is 21.8. The number of fused-ring (bicyclic) bond motifs is 2. The van der Waals surface area contributed by atoms with Crippen molar-refractivity contribution in [1.82, 2.24) is 29.1 Å². The van der Waals surface area contributed by atoms with Gasteiger partial charge in [0.2, 0.25) is 5.95 Å². The average molecular weight is 495 g/mol. The molecule has 3 aromatic heterocycles. The summed E-state index contributed by atoms with van der Waals surface area (Å²) < 4.78 is 32.9. The Hall–Kier alpha value is -3.76. The first-order chi connectivity index (χ1) is 16.9. The Morgan fingerprint density at radius 3 is 2.66 bits per heavy atom. The van der Waals surface area contributed by atoms with Gasteiger partial charge >= 0.3 is 5.69 Å². The minimum atomic E-state index is -3.11. The molecule has 0 atom stereocenters. The number of sulfone groups is 1. The van der Waals surface area contributed by atoms with Gasteiger partial charge in [0.25, 0.3) is 0 Å². The van der Waals surface area contributed by atoms with E-state index in [9.17, 15) is 18.5 Å². The molecule has 4 aromatic rings. The fourth-order valence-electron chi connectivity index (χ4n) is 4.76. The number of aromatic amines is 1. The van der Waals surface area contributed by atoms with Gasteiger partial charge in [-0.15, -0.1) is 0 Å². The first-order valence-corrected chi connectivity index (χ1v) is 13.2. The lowest BCUT2D eigenvalue weighted by Gasteiger charge is -2.28. The van der Waals surface area contributed by atoms with Crippen molar-refractivity contribution in [3.05, 3.63) is 40.6 Å². The highest BCUT2D eigenvalue weighted by Gasteiger charge is 2.29. The van der Waals surface area contributed by atoms with Crippen molar-refractivity contribution in [3.8, 4) is 12.0 Å². The molecule has 0 amide bonds. The third-order valence-electron chi connectivity index (χ3n) is 6.63. The van der Waals surface area contributed by atoms with Crippen molar-refractivity contribution in [2.75, 3.05) is 42.7 Å². The van der Waals surface area contributed by atoms with Gasteiger partial charge in [-0.2, -0.15) is 15.2 Å². The van der Waals surface area contributed by atoms with Crippen molar-refractivity contribution >= 4 is 37.9 Å². The van der Waals surface area contributed by atoms with Gasteiger partial charge in [-0.1, -0.05) is 0 Å². The Morgan fingerprint density at radius 1 is 1.14 bits per heavy atom. The molecule has 12 nitrogen and oxygen atoms in total. The molecule has 0 unspecified atom stereocenters. The fourth-order valence-corrected chi connectivity index (χ4v) is 5.96. The maximum absolute atomic E-state index is 13.1. The van der Waals surface area contributed by atoms with Crippen LogP contribution in [0.4, 0.5) is 5.82 Å². The SMILES string of the molecule is N#Cc1ccc2ncn(-c3nc(N4CCS(=O)(=O)CC4)c4[nH]c(=O)n(C5CCOCC5)c4n3)c2c1. The number of nitriles is 1. The van der Waals surface area contributed by atoms with Crippen molar-refractivity contribution in [2.24, 2.45) is 0 Å². The van der Waals surface area contributed by atoms with Crippen LogP contribution in [0, 0.1) is 11.3 Å². The van der Waals surface area contributed by atoms with Crippen LogP contribution < -0.4 is 10.6 Å². The van der Waals surface area contributed by atoms with Crippen LogP contribution in [0.15, 0.2) is 29.3 Å². The topological polar surface area (TPSA) is 152 Å². The number of rotatable bonds is 3. The van der Waals surface area contributed by atoms with Crippen LogP contribution in [-0.4, -0.2) is 75.3 Å². The molecule has 0 saturated carbocycles. The fraction of sp³-hybridized carbons (Fsp3) is 0.409. The van der Waals surface area contributed by atoms with Gasteiger partial charge in [-0.05, 0) is 31.0 Å². The van der Waals surface area contributed by atoms with Gasteiger partial charge in [-0.3, -0.25) is 9.13 Å². The van der Waals surface area contributed by atoms with E-state index < -0.39 is 9.84 Å². The van der Waals surface area contributed by atoms with E-state index in [1.54, 1.807) is 33.7 Å². The molecular formula is C22H22N8O4S. The molecule has 5 heterocycles. The summed E-state index contributed by atoms with van der Waals surface area (Å²) in [4.78, 5) is 31.9. The molecule has 0 spiro atoms. The smallest absolute Gasteiger partial charge is 0.328 e. The summed E-state index contributed by atoms with van der Waals surface area (Å²) in [5.74, 6) is 0.788. The maximum atomic E-state index is 13.1. The number of aromatic nitrogens is 6. The molecule has 180 valence electrons. The molecule has 0 bridgehead atoms. The molecule has 2 saturated heterocycles. The Morgan fingerprint density at radius 2 is 1.91 bits per heavy atom. The van der Waals surface area contributed by atoms with Crippen molar-refractivity contribution in [2.45, 2.75) is 18.9 Å². The quantitative estimate of drug-likeness (QED) is 0.438. The molecule has 2 fully saturated rings. The zero-order chi connectivity index (χ0) is 24.2. The second-order valence-electron chi connectivity index (χ2n) is 8.76. The molecule has 2 aliphatic heterocycles. The van der Waals surface area contributed by atoms with Crippen LogP contribution in [0.25, 0.3) is 28.1 Å². The number of nitrogens with zero attached hydrogens (tertiary/aromatic N) is 7. The summed E-state index contributed by atoms with van der Waals surface area (Å²) in [6, 6.07) is 7.22. The molecule has 1 N–H and O–H groups in total. The summed E-state index contributed by atoms with van der Waals surface area (Å²) in [5.41, 5.74) is 2.45.